The van der Waals surface area contributed by atoms with Crippen molar-refractivity contribution in [1.82, 2.24) is 0 Å². The standard InChI is InChI=1S/C18H16ClNO4/c1-2-23-18(22)13-5-3-4-12(8-13)10-20-15-9-14(19)6-7-16(15)24-11-17(20)21/h3-9H,2,10-11H2,1H3. The van der Waals surface area contributed by atoms with Crippen molar-refractivity contribution in [1.29, 1.82) is 0 Å². The molecule has 0 aromatic heterocycles. The summed E-state index contributed by atoms with van der Waals surface area (Å²) >= 11 is 6.04. The van der Waals surface area contributed by atoms with E-state index in [1.807, 2.05) is 6.07 Å². The van der Waals surface area contributed by atoms with E-state index in [-0.39, 0.29) is 18.5 Å². The highest BCUT2D eigenvalue weighted by Gasteiger charge is 2.26. The molecule has 0 N–H and O–H groups in total. The summed E-state index contributed by atoms with van der Waals surface area (Å²) in [5.41, 5.74) is 1.91. The maximum atomic E-state index is 12.3. The number of esters is 1. The largest absolute Gasteiger partial charge is 0.482 e. The van der Waals surface area contributed by atoms with Crippen LogP contribution in [0, 0.1) is 0 Å². The molecular formula is C18H16ClNO4. The molecule has 0 spiro atoms. The summed E-state index contributed by atoms with van der Waals surface area (Å²) in [5, 5.41) is 0.525. The number of nitrogens with zero attached hydrogens (tertiary/aromatic N) is 1. The molecule has 0 saturated heterocycles. The molecule has 5 nitrogen and oxygen atoms in total. The fourth-order valence-corrected chi connectivity index (χ4v) is 2.71. The lowest BCUT2D eigenvalue weighted by molar-refractivity contribution is -0.121. The van der Waals surface area contributed by atoms with Crippen LogP contribution in [0.3, 0.4) is 0 Å². The van der Waals surface area contributed by atoms with Crippen LogP contribution in [0.5, 0.6) is 5.75 Å². The first kappa shape index (κ1) is 16.3. The number of hydrogen-bond acceptors (Lipinski definition) is 4. The van der Waals surface area contributed by atoms with E-state index in [9.17, 15) is 9.59 Å². The Morgan fingerprint density at radius 3 is 2.92 bits per heavy atom. The van der Waals surface area contributed by atoms with Crippen LogP contribution in [0.1, 0.15) is 22.8 Å². The van der Waals surface area contributed by atoms with E-state index in [0.717, 1.165) is 5.56 Å². The molecule has 3 rings (SSSR count). The van der Waals surface area contributed by atoms with Gasteiger partial charge < -0.3 is 14.4 Å². The van der Waals surface area contributed by atoms with Gasteiger partial charge in [0.05, 0.1) is 24.4 Å². The van der Waals surface area contributed by atoms with Gasteiger partial charge in [-0.2, -0.15) is 0 Å². The van der Waals surface area contributed by atoms with Gasteiger partial charge in [-0.1, -0.05) is 23.7 Å². The Morgan fingerprint density at radius 2 is 2.12 bits per heavy atom. The topological polar surface area (TPSA) is 55.8 Å². The molecule has 0 radical (unpaired) electrons. The summed E-state index contributed by atoms with van der Waals surface area (Å²) in [4.78, 5) is 25.7. The molecule has 1 amide bonds. The van der Waals surface area contributed by atoms with Crippen molar-refractivity contribution >= 4 is 29.2 Å². The number of amides is 1. The zero-order chi connectivity index (χ0) is 17.1. The first-order valence-corrected chi connectivity index (χ1v) is 7.95. The molecule has 2 aromatic carbocycles. The highest BCUT2D eigenvalue weighted by atomic mass is 35.5. The van der Waals surface area contributed by atoms with Crippen molar-refractivity contribution in [2.24, 2.45) is 0 Å². The van der Waals surface area contributed by atoms with Gasteiger partial charge in [-0.05, 0) is 42.8 Å². The van der Waals surface area contributed by atoms with Gasteiger partial charge in [-0.25, -0.2) is 4.79 Å². The van der Waals surface area contributed by atoms with Gasteiger partial charge in [0.15, 0.2) is 6.61 Å². The minimum atomic E-state index is -0.379. The predicted molar refractivity (Wildman–Crippen MR) is 90.5 cm³/mol. The Hall–Kier alpha value is -2.53. The number of fused-ring (bicyclic) bond motifs is 1. The average molecular weight is 346 g/mol. The summed E-state index contributed by atoms with van der Waals surface area (Å²) < 4.78 is 10.4. The molecule has 1 aliphatic rings. The number of carbonyl (C=O) groups excluding carboxylic acids is 2. The number of ether oxygens (including phenoxy) is 2. The second-order valence-corrected chi connectivity index (χ2v) is 5.74. The van der Waals surface area contributed by atoms with Gasteiger partial charge in [0, 0.05) is 5.02 Å². The molecule has 0 unspecified atom stereocenters. The zero-order valence-corrected chi connectivity index (χ0v) is 13.9. The summed E-state index contributed by atoms with van der Waals surface area (Å²) in [6.45, 7) is 2.38. The van der Waals surface area contributed by atoms with Crippen LogP contribution in [-0.4, -0.2) is 25.1 Å². The Balaban J connectivity index is 1.89. The number of halogens is 1. The molecule has 1 aliphatic heterocycles. The van der Waals surface area contributed by atoms with E-state index in [0.29, 0.717) is 35.2 Å². The van der Waals surface area contributed by atoms with Gasteiger partial charge >= 0.3 is 5.97 Å². The van der Waals surface area contributed by atoms with Crippen molar-refractivity contribution < 1.29 is 19.1 Å². The highest BCUT2D eigenvalue weighted by molar-refractivity contribution is 6.31. The summed E-state index contributed by atoms with van der Waals surface area (Å²) in [6.07, 6.45) is 0. The second-order valence-electron chi connectivity index (χ2n) is 5.30. The quantitative estimate of drug-likeness (QED) is 0.796. The van der Waals surface area contributed by atoms with Gasteiger partial charge in [-0.15, -0.1) is 0 Å². The van der Waals surface area contributed by atoms with Crippen molar-refractivity contribution in [3.8, 4) is 5.75 Å². The van der Waals surface area contributed by atoms with Crippen molar-refractivity contribution in [3.05, 3.63) is 58.6 Å². The van der Waals surface area contributed by atoms with Crippen LogP contribution in [0.15, 0.2) is 42.5 Å². The van der Waals surface area contributed by atoms with Gasteiger partial charge in [-0.3, -0.25) is 4.79 Å². The third-order valence-electron chi connectivity index (χ3n) is 3.64. The van der Waals surface area contributed by atoms with Crippen LogP contribution in [0.2, 0.25) is 5.02 Å². The van der Waals surface area contributed by atoms with Crippen molar-refractivity contribution in [2.45, 2.75) is 13.5 Å². The molecule has 2 aromatic rings. The fraction of sp³-hybridized carbons (Fsp3) is 0.222. The minimum Gasteiger partial charge on any atom is -0.482 e. The smallest absolute Gasteiger partial charge is 0.338 e. The Morgan fingerprint density at radius 1 is 1.29 bits per heavy atom. The Kier molecular flexibility index (Phi) is 4.71. The molecule has 0 atom stereocenters. The molecular weight excluding hydrogens is 330 g/mol. The predicted octanol–water partition coefficient (Wildman–Crippen LogP) is 3.44. The van der Waals surface area contributed by atoms with E-state index in [2.05, 4.69) is 0 Å². The fourth-order valence-electron chi connectivity index (χ4n) is 2.54. The summed E-state index contributed by atoms with van der Waals surface area (Å²) in [5.74, 6) is 0.0722. The molecule has 0 aliphatic carbocycles. The zero-order valence-electron chi connectivity index (χ0n) is 13.1. The van der Waals surface area contributed by atoms with Crippen LogP contribution in [0.25, 0.3) is 0 Å². The van der Waals surface area contributed by atoms with Crippen LogP contribution < -0.4 is 9.64 Å². The molecule has 0 saturated carbocycles. The maximum absolute atomic E-state index is 12.3. The first-order chi connectivity index (χ1) is 11.6. The lowest BCUT2D eigenvalue weighted by Crippen LogP contribution is -2.38. The molecule has 24 heavy (non-hydrogen) atoms. The van der Waals surface area contributed by atoms with Crippen molar-refractivity contribution in [2.75, 3.05) is 18.1 Å². The van der Waals surface area contributed by atoms with E-state index >= 15 is 0 Å². The lowest BCUT2D eigenvalue weighted by Gasteiger charge is -2.29. The highest BCUT2D eigenvalue weighted by Crippen LogP contribution is 2.35. The van der Waals surface area contributed by atoms with E-state index in [4.69, 9.17) is 21.1 Å². The molecule has 0 bridgehead atoms. The number of benzene rings is 2. The molecule has 6 heteroatoms. The van der Waals surface area contributed by atoms with Gasteiger partial charge in [0.25, 0.3) is 5.91 Å². The monoisotopic (exact) mass is 345 g/mol. The minimum absolute atomic E-state index is 0.0216. The third kappa shape index (κ3) is 3.36. The average Bonchev–Trinajstić information content (AvgIpc) is 2.58. The number of rotatable bonds is 4. The molecule has 124 valence electrons. The SMILES string of the molecule is CCOC(=O)c1cccc(CN2C(=O)COc3ccc(Cl)cc32)c1. The third-order valence-corrected chi connectivity index (χ3v) is 3.88. The molecule has 1 heterocycles. The number of anilines is 1. The van der Waals surface area contributed by atoms with Crippen LogP contribution >= 0.6 is 11.6 Å². The lowest BCUT2D eigenvalue weighted by atomic mass is 10.1. The van der Waals surface area contributed by atoms with E-state index < -0.39 is 0 Å². The maximum Gasteiger partial charge on any atom is 0.338 e. The van der Waals surface area contributed by atoms with E-state index in [1.165, 1.54) is 0 Å². The molecule has 0 fully saturated rings. The van der Waals surface area contributed by atoms with Gasteiger partial charge in [0.2, 0.25) is 0 Å². The normalized spacial score (nSPS) is 13.2. The second kappa shape index (κ2) is 6.93. The van der Waals surface area contributed by atoms with Crippen molar-refractivity contribution in [3.63, 3.8) is 0 Å². The van der Waals surface area contributed by atoms with Crippen LogP contribution in [-0.2, 0) is 16.1 Å². The van der Waals surface area contributed by atoms with Gasteiger partial charge in [0.1, 0.15) is 5.75 Å². The first-order valence-electron chi connectivity index (χ1n) is 7.57. The van der Waals surface area contributed by atoms with Crippen LogP contribution in [0.4, 0.5) is 5.69 Å². The van der Waals surface area contributed by atoms with E-state index in [1.54, 1.807) is 48.2 Å². The Labute approximate surface area is 144 Å². The summed E-state index contributed by atoms with van der Waals surface area (Å²) in [6, 6.07) is 12.2. The summed E-state index contributed by atoms with van der Waals surface area (Å²) in [7, 11) is 0. The Bertz CT molecular complexity index is 790. The number of carbonyl (C=O) groups is 2. The number of hydrogen-bond donors (Lipinski definition) is 0.